The largest absolute Gasteiger partial charge is 0.398 e. The molecule has 3 N–H and O–H groups in total. The highest BCUT2D eigenvalue weighted by Gasteiger charge is 2.12. The zero-order valence-corrected chi connectivity index (χ0v) is 12.1. The summed E-state index contributed by atoms with van der Waals surface area (Å²) in [6.07, 6.45) is 2.87. The van der Waals surface area contributed by atoms with E-state index in [1.165, 1.54) is 0 Å². The molecule has 4 heteroatoms. The minimum atomic E-state index is -0.160. The molecule has 1 heterocycles. The van der Waals surface area contributed by atoms with Crippen LogP contribution in [0, 0.1) is 0 Å². The number of nitrogens with one attached hydrogen (secondary N) is 1. The van der Waals surface area contributed by atoms with Gasteiger partial charge in [0.2, 0.25) is 0 Å². The lowest BCUT2D eigenvalue weighted by Gasteiger charge is -2.10. The Morgan fingerprint density at radius 1 is 1.30 bits per heavy atom. The minimum Gasteiger partial charge on any atom is -0.398 e. The second-order valence-electron chi connectivity index (χ2n) is 4.92. The Morgan fingerprint density at radius 2 is 2.10 bits per heavy atom. The highest BCUT2D eigenvalue weighted by Crippen LogP contribution is 2.24. The fourth-order valence-corrected chi connectivity index (χ4v) is 2.25. The molecule has 0 aliphatic heterocycles. The summed E-state index contributed by atoms with van der Waals surface area (Å²) in [6.45, 7) is 4.79. The van der Waals surface area contributed by atoms with Gasteiger partial charge in [0, 0.05) is 17.6 Å². The number of amides is 1. The first-order chi connectivity index (χ1) is 9.67. The predicted molar refractivity (Wildman–Crippen MR) is 82.8 cm³/mol. The Morgan fingerprint density at radius 3 is 2.80 bits per heavy atom. The SMILES string of the molecule is CCCNC(=O)c1cc(N)c2cccc(CCC)c2n1. The number of anilines is 1. The van der Waals surface area contributed by atoms with E-state index in [9.17, 15) is 4.79 Å². The summed E-state index contributed by atoms with van der Waals surface area (Å²) in [6, 6.07) is 7.64. The van der Waals surface area contributed by atoms with Crippen LogP contribution in [0.15, 0.2) is 24.3 Å². The first-order valence-electron chi connectivity index (χ1n) is 7.13. The van der Waals surface area contributed by atoms with Crippen LogP contribution in [0.3, 0.4) is 0 Å². The molecule has 2 aromatic rings. The maximum atomic E-state index is 12.0. The summed E-state index contributed by atoms with van der Waals surface area (Å²) >= 11 is 0. The lowest BCUT2D eigenvalue weighted by Crippen LogP contribution is -2.25. The third-order valence-corrected chi connectivity index (χ3v) is 3.24. The molecule has 0 aliphatic carbocycles. The molecule has 0 radical (unpaired) electrons. The number of nitrogens with two attached hydrogens (primary N) is 1. The molecule has 0 saturated heterocycles. The summed E-state index contributed by atoms with van der Waals surface area (Å²) in [5, 5.41) is 3.75. The monoisotopic (exact) mass is 271 g/mol. The molecule has 1 aromatic heterocycles. The first-order valence-corrected chi connectivity index (χ1v) is 7.13. The zero-order valence-electron chi connectivity index (χ0n) is 12.1. The van der Waals surface area contributed by atoms with Gasteiger partial charge in [0.15, 0.2) is 0 Å². The van der Waals surface area contributed by atoms with E-state index in [4.69, 9.17) is 5.73 Å². The van der Waals surface area contributed by atoms with Gasteiger partial charge in [-0.3, -0.25) is 4.79 Å². The topological polar surface area (TPSA) is 68.0 Å². The quantitative estimate of drug-likeness (QED) is 0.878. The van der Waals surface area contributed by atoms with Crippen LogP contribution in [-0.4, -0.2) is 17.4 Å². The predicted octanol–water partition coefficient (Wildman–Crippen LogP) is 2.91. The van der Waals surface area contributed by atoms with Gasteiger partial charge in [-0.05, 0) is 24.5 Å². The normalized spacial score (nSPS) is 10.7. The number of pyridine rings is 1. The molecule has 0 atom stereocenters. The van der Waals surface area contributed by atoms with Crippen molar-refractivity contribution in [2.75, 3.05) is 12.3 Å². The van der Waals surface area contributed by atoms with Crippen LogP contribution in [0.2, 0.25) is 0 Å². The van der Waals surface area contributed by atoms with E-state index in [0.717, 1.165) is 35.7 Å². The van der Waals surface area contributed by atoms with Crippen molar-refractivity contribution in [3.05, 3.63) is 35.5 Å². The van der Waals surface area contributed by atoms with Crippen molar-refractivity contribution >= 4 is 22.5 Å². The Bertz CT molecular complexity index is 622. The van der Waals surface area contributed by atoms with Crippen molar-refractivity contribution in [3.8, 4) is 0 Å². The number of nitrogen functional groups attached to an aromatic ring is 1. The van der Waals surface area contributed by atoms with Crippen LogP contribution >= 0.6 is 0 Å². The van der Waals surface area contributed by atoms with Gasteiger partial charge in [0.1, 0.15) is 5.69 Å². The Kier molecular flexibility index (Phi) is 4.56. The molecular weight excluding hydrogens is 250 g/mol. The molecule has 2 rings (SSSR count). The maximum absolute atomic E-state index is 12.0. The first kappa shape index (κ1) is 14.3. The number of carbonyl (C=O) groups is 1. The van der Waals surface area contributed by atoms with E-state index in [-0.39, 0.29) is 5.91 Å². The Hall–Kier alpha value is -2.10. The highest BCUT2D eigenvalue weighted by molar-refractivity contribution is 6.00. The van der Waals surface area contributed by atoms with Gasteiger partial charge in [0.25, 0.3) is 5.91 Å². The number of aromatic nitrogens is 1. The van der Waals surface area contributed by atoms with E-state index in [1.807, 2.05) is 25.1 Å². The lowest BCUT2D eigenvalue weighted by atomic mass is 10.0. The van der Waals surface area contributed by atoms with Crippen LogP contribution in [0.25, 0.3) is 10.9 Å². The molecule has 1 aromatic carbocycles. The number of benzene rings is 1. The van der Waals surface area contributed by atoms with E-state index >= 15 is 0 Å². The molecule has 0 bridgehead atoms. The van der Waals surface area contributed by atoms with E-state index in [0.29, 0.717) is 17.9 Å². The smallest absolute Gasteiger partial charge is 0.269 e. The van der Waals surface area contributed by atoms with Crippen LogP contribution in [-0.2, 0) is 6.42 Å². The van der Waals surface area contributed by atoms with Crippen LogP contribution in [0.4, 0.5) is 5.69 Å². The Balaban J connectivity index is 2.48. The van der Waals surface area contributed by atoms with Crippen LogP contribution < -0.4 is 11.1 Å². The average Bonchev–Trinajstić information content (AvgIpc) is 2.45. The number of rotatable bonds is 5. The fourth-order valence-electron chi connectivity index (χ4n) is 2.25. The zero-order chi connectivity index (χ0) is 14.5. The van der Waals surface area contributed by atoms with Crippen molar-refractivity contribution in [1.29, 1.82) is 0 Å². The number of nitrogens with zero attached hydrogens (tertiary/aromatic N) is 1. The second-order valence-corrected chi connectivity index (χ2v) is 4.92. The van der Waals surface area contributed by atoms with Crippen molar-refractivity contribution in [1.82, 2.24) is 10.3 Å². The fraction of sp³-hybridized carbons (Fsp3) is 0.375. The number of fused-ring (bicyclic) bond motifs is 1. The molecule has 0 aliphatic rings. The lowest BCUT2D eigenvalue weighted by molar-refractivity contribution is 0.0949. The van der Waals surface area contributed by atoms with Gasteiger partial charge in [-0.1, -0.05) is 38.5 Å². The van der Waals surface area contributed by atoms with Gasteiger partial charge in [0.05, 0.1) is 5.52 Å². The summed E-state index contributed by atoms with van der Waals surface area (Å²) in [4.78, 5) is 16.6. The molecule has 0 unspecified atom stereocenters. The van der Waals surface area contributed by atoms with Crippen molar-refractivity contribution in [2.24, 2.45) is 0 Å². The highest BCUT2D eigenvalue weighted by atomic mass is 16.1. The third kappa shape index (κ3) is 2.90. The van der Waals surface area contributed by atoms with Gasteiger partial charge >= 0.3 is 0 Å². The standard InChI is InChI=1S/C16H21N3O/c1-3-6-11-7-5-8-12-13(17)10-14(19-15(11)12)16(20)18-9-4-2/h5,7-8,10H,3-4,6,9H2,1-2H3,(H2,17,19)(H,18,20). The third-order valence-electron chi connectivity index (χ3n) is 3.24. The summed E-state index contributed by atoms with van der Waals surface area (Å²) < 4.78 is 0. The number of hydrogen-bond acceptors (Lipinski definition) is 3. The summed E-state index contributed by atoms with van der Waals surface area (Å²) in [7, 11) is 0. The summed E-state index contributed by atoms with van der Waals surface area (Å²) in [5.41, 5.74) is 9.05. The van der Waals surface area contributed by atoms with Crippen molar-refractivity contribution in [2.45, 2.75) is 33.1 Å². The maximum Gasteiger partial charge on any atom is 0.269 e. The number of aryl methyl sites for hydroxylation is 1. The van der Waals surface area contributed by atoms with Gasteiger partial charge < -0.3 is 11.1 Å². The van der Waals surface area contributed by atoms with Gasteiger partial charge in [-0.15, -0.1) is 0 Å². The molecular formula is C16H21N3O. The minimum absolute atomic E-state index is 0.160. The van der Waals surface area contributed by atoms with E-state index in [2.05, 4.69) is 17.2 Å². The molecule has 0 fully saturated rings. The number of para-hydroxylation sites is 1. The molecule has 20 heavy (non-hydrogen) atoms. The van der Waals surface area contributed by atoms with Crippen molar-refractivity contribution < 1.29 is 4.79 Å². The van der Waals surface area contributed by atoms with E-state index < -0.39 is 0 Å². The molecule has 0 saturated carbocycles. The molecule has 4 nitrogen and oxygen atoms in total. The number of carbonyl (C=O) groups excluding carboxylic acids is 1. The number of hydrogen-bond donors (Lipinski definition) is 2. The van der Waals surface area contributed by atoms with Crippen LogP contribution in [0.1, 0.15) is 42.7 Å². The summed E-state index contributed by atoms with van der Waals surface area (Å²) in [5.74, 6) is -0.160. The van der Waals surface area contributed by atoms with Gasteiger partial charge in [-0.25, -0.2) is 4.98 Å². The van der Waals surface area contributed by atoms with Gasteiger partial charge in [-0.2, -0.15) is 0 Å². The molecule has 106 valence electrons. The molecule has 0 spiro atoms. The van der Waals surface area contributed by atoms with E-state index in [1.54, 1.807) is 6.07 Å². The van der Waals surface area contributed by atoms with Crippen LogP contribution in [0.5, 0.6) is 0 Å². The average molecular weight is 271 g/mol. The Labute approximate surface area is 119 Å². The second kappa shape index (κ2) is 6.37. The molecule has 1 amide bonds. The van der Waals surface area contributed by atoms with Crippen molar-refractivity contribution in [3.63, 3.8) is 0 Å².